The number of nitrogens with one attached hydrogen (secondary N) is 1. The topological polar surface area (TPSA) is 54.2 Å². The fourth-order valence-electron chi connectivity index (χ4n) is 2.48. The van der Waals surface area contributed by atoms with Crippen molar-refractivity contribution in [2.24, 2.45) is 5.92 Å². The molecule has 0 aliphatic carbocycles. The summed E-state index contributed by atoms with van der Waals surface area (Å²) in [4.78, 5) is 6.57. The first-order valence-electron chi connectivity index (χ1n) is 7.11. The van der Waals surface area contributed by atoms with E-state index in [0.29, 0.717) is 0 Å². The Morgan fingerprint density at radius 1 is 1.39 bits per heavy atom. The molecule has 0 saturated carbocycles. The third kappa shape index (κ3) is 3.45. The molecule has 102 valence electrons. The minimum Gasteiger partial charge on any atom is -0.339 e. The highest BCUT2D eigenvalue weighted by atomic mass is 16.5. The molecule has 0 radical (unpaired) electrons. The van der Waals surface area contributed by atoms with Crippen LogP contribution in [0.2, 0.25) is 0 Å². The van der Waals surface area contributed by atoms with E-state index in [2.05, 4.69) is 34.2 Å². The van der Waals surface area contributed by atoms with Crippen molar-refractivity contribution in [3.05, 3.63) is 5.89 Å². The number of hydrogen-bond acceptors (Lipinski definition) is 5. The first-order valence-corrected chi connectivity index (χ1v) is 7.11. The van der Waals surface area contributed by atoms with Gasteiger partial charge in [0.25, 0.3) is 5.95 Å². The largest absolute Gasteiger partial charge is 0.339 e. The number of nitrogens with zero attached hydrogens (tertiary/aromatic N) is 3. The van der Waals surface area contributed by atoms with Gasteiger partial charge < -0.3 is 14.7 Å². The first-order chi connectivity index (χ1) is 8.83. The van der Waals surface area contributed by atoms with Crippen molar-refractivity contribution in [1.82, 2.24) is 15.5 Å². The van der Waals surface area contributed by atoms with E-state index in [1.807, 2.05) is 0 Å². The predicted octanol–water partition coefficient (Wildman–Crippen LogP) is 1.85. The Morgan fingerprint density at radius 3 is 2.89 bits per heavy atom. The monoisotopic (exact) mass is 252 g/mol. The molecule has 5 heteroatoms. The van der Waals surface area contributed by atoms with Gasteiger partial charge in [0.05, 0.1) is 0 Å². The third-order valence-corrected chi connectivity index (χ3v) is 3.67. The van der Waals surface area contributed by atoms with Gasteiger partial charge in [-0.3, -0.25) is 0 Å². The summed E-state index contributed by atoms with van der Waals surface area (Å²) >= 11 is 0. The fraction of sp³-hybridized carbons (Fsp3) is 0.846. The Labute approximate surface area is 109 Å². The van der Waals surface area contributed by atoms with E-state index in [4.69, 9.17) is 4.52 Å². The summed E-state index contributed by atoms with van der Waals surface area (Å²) in [6.45, 7) is 8.35. The molecule has 1 fully saturated rings. The van der Waals surface area contributed by atoms with Crippen molar-refractivity contribution in [2.75, 3.05) is 31.1 Å². The Balaban J connectivity index is 1.82. The van der Waals surface area contributed by atoms with Crippen LogP contribution in [0.5, 0.6) is 0 Å². The number of rotatable bonds is 6. The maximum atomic E-state index is 5.32. The first kappa shape index (κ1) is 13.3. The van der Waals surface area contributed by atoms with E-state index in [1.165, 1.54) is 19.4 Å². The van der Waals surface area contributed by atoms with Crippen LogP contribution in [-0.2, 0) is 6.42 Å². The molecule has 2 heterocycles. The minimum atomic E-state index is 0.733. The average molecular weight is 252 g/mol. The quantitative estimate of drug-likeness (QED) is 0.837. The number of piperidine rings is 1. The van der Waals surface area contributed by atoms with E-state index in [-0.39, 0.29) is 0 Å². The molecule has 18 heavy (non-hydrogen) atoms. The van der Waals surface area contributed by atoms with Gasteiger partial charge in [0.2, 0.25) is 5.89 Å². The molecule has 1 aromatic rings. The summed E-state index contributed by atoms with van der Waals surface area (Å²) in [5.74, 6) is 2.28. The van der Waals surface area contributed by atoms with Crippen molar-refractivity contribution in [3.63, 3.8) is 0 Å². The lowest BCUT2D eigenvalue weighted by Crippen LogP contribution is -2.29. The van der Waals surface area contributed by atoms with Gasteiger partial charge in [0, 0.05) is 19.5 Å². The zero-order valence-electron chi connectivity index (χ0n) is 11.5. The summed E-state index contributed by atoms with van der Waals surface area (Å²) in [6, 6.07) is 0. The number of aryl methyl sites for hydroxylation is 1. The summed E-state index contributed by atoms with van der Waals surface area (Å²) in [5.41, 5.74) is 0. The molecule has 0 aromatic carbocycles. The van der Waals surface area contributed by atoms with Gasteiger partial charge in [-0.15, -0.1) is 0 Å². The Bertz CT molecular complexity index is 343. The molecule has 0 bridgehead atoms. The van der Waals surface area contributed by atoms with Crippen LogP contribution in [0.1, 0.15) is 39.0 Å². The molecule has 0 spiro atoms. The van der Waals surface area contributed by atoms with E-state index < -0.39 is 0 Å². The van der Waals surface area contributed by atoms with Crippen molar-refractivity contribution < 1.29 is 4.52 Å². The van der Waals surface area contributed by atoms with E-state index in [9.17, 15) is 0 Å². The second-order valence-electron chi connectivity index (χ2n) is 4.91. The van der Waals surface area contributed by atoms with E-state index in [1.54, 1.807) is 0 Å². The highest BCUT2D eigenvalue weighted by Gasteiger charge is 2.16. The number of anilines is 1. The highest BCUT2D eigenvalue weighted by Crippen LogP contribution is 2.17. The minimum absolute atomic E-state index is 0.733. The zero-order chi connectivity index (χ0) is 12.8. The maximum absolute atomic E-state index is 5.32. The van der Waals surface area contributed by atoms with Gasteiger partial charge in [-0.2, -0.15) is 4.98 Å². The lowest BCUT2D eigenvalue weighted by atomic mass is 9.95. The normalized spacial score (nSPS) is 20.0. The second-order valence-corrected chi connectivity index (χ2v) is 4.91. The van der Waals surface area contributed by atoms with Crippen LogP contribution in [-0.4, -0.2) is 36.3 Å². The summed E-state index contributed by atoms with van der Waals surface area (Å²) < 4.78 is 5.32. The molecule has 1 unspecified atom stereocenters. The van der Waals surface area contributed by atoms with Crippen LogP contribution >= 0.6 is 0 Å². The average Bonchev–Trinajstić information content (AvgIpc) is 2.88. The molecule has 0 amide bonds. The third-order valence-electron chi connectivity index (χ3n) is 3.67. The standard InChI is InChI=1S/C13H24N4O/c1-3-17(4-2)13-15-12(18-16-13)8-7-11-6-5-9-14-10-11/h11,14H,3-10H2,1-2H3. The summed E-state index contributed by atoms with van der Waals surface area (Å²) in [6.07, 6.45) is 4.66. The lowest BCUT2D eigenvalue weighted by molar-refractivity contribution is 0.327. The van der Waals surface area contributed by atoms with Gasteiger partial charge >= 0.3 is 0 Å². The van der Waals surface area contributed by atoms with Gasteiger partial charge in [0.1, 0.15) is 0 Å². The molecular formula is C13H24N4O. The van der Waals surface area contributed by atoms with Crippen LogP contribution in [0.4, 0.5) is 5.95 Å². The smallest absolute Gasteiger partial charge is 0.266 e. The Kier molecular flexibility index (Phi) is 4.99. The fourth-order valence-corrected chi connectivity index (χ4v) is 2.48. The summed E-state index contributed by atoms with van der Waals surface area (Å²) in [5, 5.41) is 7.48. The van der Waals surface area contributed by atoms with E-state index in [0.717, 1.165) is 50.2 Å². The molecule has 2 rings (SSSR count). The van der Waals surface area contributed by atoms with Gasteiger partial charge in [-0.1, -0.05) is 0 Å². The second kappa shape index (κ2) is 6.73. The van der Waals surface area contributed by atoms with Gasteiger partial charge in [-0.05, 0) is 57.3 Å². The van der Waals surface area contributed by atoms with Crippen LogP contribution in [0.15, 0.2) is 4.52 Å². The van der Waals surface area contributed by atoms with Crippen LogP contribution < -0.4 is 10.2 Å². The molecule has 5 nitrogen and oxygen atoms in total. The van der Waals surface area contributed by atoms with Crippen LogP contribution in [0, 0.1) is 5.92 Å². The number of hydrogen-bond donors (Lipinski definition) is 1. The molecule has 1 aliphatic rings. The van der Waals surface area contributed by atoms with Crippen molar-refractivity contribution in [1.29, 1.82) is 0 Å². The van der Waals surface area contributed by atoms with Crippen molar-refractivity contribution in [2.45, 2.75) is 39.5 Å². The molecule has 1 saturated heterocycles. The molecule has 1 atom stereocenters. The SMILES string of the molecule is CCN(CC)c1noc(CCC2CCCNC2)n1. The number of aromatic nitrogens is 2. The van der Waals surface area contributed by atoms with Crippen molar-refractivity contribution >= 4 is 5.95 Å². The Morgan fingerprint density at radius 2 is 2.22 bits per heavy atom. The van der Waals surface area contributed by atoms with Crippen molar-refractivity contribution in [3.8, 4) is 0 Å². The lowest BCUT2D eigenvalue weighted by Gasteiger charge is -2.21. The molecule has 1 N–H and O–H groups in total. The molecular weight excluding hydrogens is 228 g/mol. The molecule has 1 aliphatic heterocycles. The van der Waals surface area contributed by atoms with Gasteiger partial charge in [0.15, 0.2) is 0 Å². The molecule has 1 aromatic heterocycles. The zero-order valence-corrected chi connectivity index (χ0v) is 11.5. The Hall–Kier alpha value is -1.10. The van der Waals surface area contributed by atoms with Gasteiger partial charge in [-0.25, -0.2) is 0 Å². The van der Waals surface area contributed by atoms with Crippen LogP contribution in [0.3, 0.4) is 0 Å². The summed E-state index contributed by atoms with van der Waals surface area (Å²) in [7, 11) is 0. The van der Waals surface area contributed by atoms with E-state index >= 15 is 0 Å². The highest BCUT2D eigenvalue weighted by molar-refractivity contribution is 5.26. The maximum Gasteiger partial charge on any atom is 0.266 e. The van der Waals surface area contributed by atoms with Crippen LogP contribution in [0.25, 0.3) is 0 Å². The predicted molar refractivity (Wildman–Crippen MR) is 71.8 cm³/mol.